The predicted molar refractivity (Wildman–Crippen MR) is 48.9 cm³/mol. The Kier molecular flexibility index (Phi) is 5.74. The zero-order valence-corrected chi connectivity index (χ0v) is 7.96. The summed E-state index contributed by atoms with van der Waals surface area (Å²) in [5, 5.41) is 0. The van der Waals surface area contributed by atoms with Crippen molar-refractivity contribution < 1.29 is 14.0 Å². The monoisotopic (exact) mass is 188 g/mol. The lowest BCUT2D eigenvalue weighted by atomic mass is 10.4. The van der Waals surface area contributed by atoms with E-state index >= 15 is 0 Å². The second-order valence-corrected chi connectivity index (χ2v) is 4.29. The Bertz CT molecular complexity index is 227. The van der Waals surface area contributed by atoms with E-state index in [1.165, 1.54) is 0 Å². The van der Waals surface area contributed by atoms with Crippen molar-refractivity contribution in [3.05, 3.63) is 12.2 Å². The van der Waals surface area contributed by atoms with Crippen LogP contribution in [0, 0.1) is 12.3 Å². The molecule has 3 nitrogen and oxygen atoms in total. The summed E-state index contributed by atoms with van der Waals surface area (Å²) in [5.41, 5.74) is 0. The zero-order chi connectivity index (χ0) is 9.45. The lowest BCUT2D eigenvalue weighted by Crippen LogP contribution is -1.91. The van der Waals surface area contributed by atoms with Gasteiger partial charge in [0.2, 0.25) is 0 Å². The number of terminal acetylenes is 1. The fourth-order valence-electron chi connectivity index (χ4n) is 0.470. The first kappa shape index (κ1) is 11.4. The van der Waals surface area contributed by atoms with Crippen molar-refractivity contribution in [2.45, 2.75) is 13.3 Å². The molecular formula is C8H13O3P. The van der Waals surface area contributed by atoms with Gasteiger partial charge in [0.15, 0.2) is 0 Å². The summed E-state index contributed by atoms with van der Waals surface area (Å²) >= 11 is 0. The highest BCUT2D eigenvalue weighted by Crippen LogP contribution is 2.40. The van der Waals surface area contributed by atoms with Crippen molar-refractivity contribution in [1.29, 1.82) is 0 Å². The highest BCUT2D eigenvalue weighted by molar-refractivity contribution is 7.52. The van der Waals surface area contributed by atoms with Crippen LogP contribution in [0.15, 0.2) is 12.2 Å². The van der Waals surface area contributed by atoms with Crippen LogP contribution in [-0.4, -0.2) is 17.7 Å². The molecule has 12 heavy (non-hydrogen) atoms. The molecule has 0 bridgehead atoms. The summed E-state index contributed by atoms with van der Waals surface area (Å²) < 4.78 is 15.6. The summed E-state index contributed by atoms with van der Waals surface area (Å²) in [6.45, 7) is 1.75. The third-order valence-corrected chi connectivity index (χ3v) is 2.53. The molecule has 1 N–H and O–H groups in total. The minimum absolute atomic E-state index is 0.135. The minimum atomic E-state index is -3.32. The van der Waals surface area contributed by atoms with E-state index in [2.05, 4.69) is 10.4 Å². The third kappa shape index (κ3) is 6.18. The molecular weight excluding hydrogens is 175 g/mol. The van der Waals surface area contributed by atoms with Crippen LogP contribution in [0.4, 0.5) is 0 Å². The first-order valence-electron chi connectivity index (χ1n) is 3.67. The number of hydrogen-bond donors (Lipinski definition) is 1. The van der Waals surface area contributed by atoms with Crippen molar-refractivity contribution >= 4 is 7.60 Å². The molecule has 0 saturated carbocycles. The fraction of sp³-hybridized carbons (Fsp3) is 0.500. The van der Waals surface area contributed by atoms with Crippen LogP contribution in [0.1, 0.15) is 13.3 Å². The smallest absolute Gasteiger partial charge is 0.324 e. The predicted octanol–water partition coefficient (Wildman–Crippen LogP) is 1.79. The van der Waals surface area contributed by atoms with Crippen LogP contribution >= 0.6 is 7.60 Å². The average Bonchev–Trinajstić information content (AvgIpc) is 2.04. The summed E-state index contributed by atoms with van der Waals surface area (Å²) in [5.74, 6) is 2.41. The normalized spacial score (nSPS) is 15.8. The fourth-order valence-corrected chi connectivity index (χ4v) is 0.972. The Morgan fingerprint density at radius 2 is 2.33 bits per heavy atom. The van der Waals surface area contributed by atoms with Gasteiger partial charge in [-0.2, -0.15) is 0 Å². The van der Waals surface area contributed by atoms with E-state index in [1.807, 2.05) is 0 Å². The summed E-state index contributed by atoms with van der Waals surface area (Å²) in [7, 11) is -3.32. The number of allylic oxidation sites excluding steroid dienone is 1. The Morgan fingerprint density at radius 3 is 2.83 bits per heavy atom. The molecule has 0 radical (unpaired) electrons. The molecule has 1 atom stereocenters. The second-order valence-electron chi connectivity index (χ2n) is 2.13. The van der Waals surface area contributed by atoms with Crippen molar-refractivity contribution in [3.63, 3.8) is 0 Å². The van der Waals surface area contributed by atoms with Crippen molar-refractivity contribution in [2.24, 2.45) is 0 Å². The topological polar surface area (TPSA) is 46.5 Å². The van der Waals surface area contributed by atoms with Gasteiger partial charge in [-0.05, 0) is 0 Å². The molecule has 0 fully saturated rings. The van der Waals surface area contributed by atoms with Gasteiger partial charge >= 0.3 is 7.60 Å². The quantitative estimate of drug-likeness (QED) is 0.406. The van der Waals surface area contributed by atoms with Gasteiger partial charge in [0.25, 0.3) is 0 Å². The van der Waals surface area contributed by atoms with Gasteiger partial charge in [-0.25, -0.2) is 0 Å². The Hall–Kier alpha value is -0.550. The van der Waals surface area contributed by atoms with Gasteiger partial charge in [0.05, 0.1) is 6.61 Å². The van der Waals surface area contributed by atoms with E-state index in [0.29, 0.717) is 6.42 Å². The molecule has 0 aliphatic carbocycles. The largest absolute Gasteiger partial charge is 0.328 e. The van der Waals surface area contributed by atoms with Gasteiger partial charge < -0.3 is 9.42 Å². The molecule has 0 aromatic carbocycles. The van der Waals surface area contributed by atoms with E-state index in [9.17, 15) is 4.57 Å². The average molecular weight is 188 g/mol. The molecule has 0 saturated heterocycles. The van der Waals surface area contributed by atoms with Crippen molar-refractivity contribution in [2.75, 3.05) is 12.8 Å². The molecule has 0 aromatic heterocycles. The van der Waals surface area contributed by atoms with E-state index < -0.39 is 7.60 Å². The molecule has 4 heteroatoms. The van der Waals surface area contributed by atoms with Gasteiger partial charge in [0.1, 0.15) is 0 Å². The summed E-state index contributed by atoms with van der Waals surface area (Å²) in [6.07, 6.45) is 8.99. The maximum atomic E-state index is 10.9. The molecule has 68 valence electrons. The van der Waals surface area contributed by atoms with Crippen LogP contribution in [0.5, 0.6) is 0 Å². The zero-order valence-electron chi connectivity index (χ0n) is 7.06. The van der Waals surface area contributed by atoms with E-state index in [0.717, 1.165) is 0 Å². The second kappa shape index (κ2) is 6.02. The number of hydrogen-bond acceptors (Lipinski definition) is 2. The lowest BCUT2D eigenvalue weighted by Gasteiger charge is -2.06. The van der Waals surface area contributed by atoms with Crippen LogP contribution in [0.2, 0.25) is 0 Å². The molecule has 0 aliphatic rings. The standard InChI is InChI=1S/C8H13O3P/c1-3-5-6-7-8-11-12(9,10)4-2/h1,6-7H,4-5,8H2,2H3,(H,9,10). The minimum Gasteiger partial charge on any atom is -0.324 e. The lowest BCUT2D eigenvalue weighted by molar-refractivity contribution is 0.288. The van der Waals surface area contributed by atoms with Crippen LogP contribution < -0.4 is 0 Å². The molecule has 0 aromatic rings. The first-order valence-corrected chi connectivity index (χ1v) is 5.43. The highest BCUT2D eigenvalue weighted by Gasteiger charge is 2.13. The molecule has 0 spiro atoms. The van der Waals surface area contributed by atoms with Gasteiger partial charge in [0, 0.05) is 12.6 Å². The van der Waals surface area contributed by atoms with Gasteiger partial charge in [-0.1, -0.05) is 19.1 Å². The van der Waals surface area contributed by atoms with Crippen molar-refractivity contribution in [1.82, 2.24) is 0 Å². The Balaban J connectivity index is 3.57. The Morgan fingerprint density at radius 1 is 1.67 bits per heavy atom. The van der Waals surface area contributed by atoms with Crippen molar-refractivity contribution in [3.8, 4) is 12.3 Å². The molecule has 0 amide bonds. The summed E-state index contributed by atoms with van der Waals surface area (Å²) in [4.78, 5) is 8.94. The maximum absolute atomic E-state index is 10.9. The van der Waals surface area contributed by atoms with Crippen LogP contribution in [0.25, 0.3) is 0 Å². The molecule has 0 aliphatic heterocycles. The van der Waals surface area contributed by atoms with E-state index in [1.54, 1.807) is 19.1 Å². The van der Waals surface area contributed by atoms with Gasteiger partial charge in [-0.3, -0.25) is 4.57 Å². The SMILES string of the molecule is C#CCC=CCOP(=O)(O)CC. The number of rotatable bonds is 5. The first-order chi connectivity index (χ1) is 5.62. The Labute approximate surface area is 73.0 Å². The van der Waals surface area contributed by atoms with E-state index in [4.69, 9.17) is 11.3 Å². The molecule has 1 unspecified atom stereocenters. The summed E-state index contributed by atoms with van der Waals surface area (Å²) in [6, 6.07) is 0. The van der Waals surface area contributed by atoms with Crippen LogP contribution in [-0.2, 0) is 9.09 Å². The van der Waals surface area contributed by atoms with Crippen LogP contribution in [0.3, 0.4) is 0 Å². The molecule has 0 rings (SSSR count). The molecule has 0 heterocycles. The van der Waals surface area contributed by atoms with Gasteiger partial charge in [-0.15, -0.1) is 12.3 Å². The highest BCUT2D eigenvalue weighted by atomic mass is 31.2. The maximum Gasteiger partial charge on any atom is 0.328 e. The third-order valence-electron chi connectivity index (χ3n) is 1.17. The van der Waals surface area contributed by atoms with E-state index in [-0.39, 0.29) is 12.8 Å².